The van der Waals surface area contributed by atoms with Gasteiger partial charge in [0.15, 0.2) is 4.34 Å². The van der Waals surface area contributed by atoms with Crippen molar-refractivity contribution in [3.05, 3.63) is 11.9 Å². The highest BCUT2D eigenvalue weighted by Crippen LogP contribution is 2.28. The van der Waals surface area contributed by atoms with Gasteiger partial charge >= 0.3 is 0 Å². The second-order valence-electron chi connectivity index (χ2n) is 2.70. The van der Waals surface area contributed by atoms with E-state index in [2.05, 4.69) is 19.3 Å². The molecule has 0 amide bonds. The maximum Gasteiger partial charge on any atom is 0.223 e. The predicted octanol–water partition coefficient (Wildman–Crippen LogP) is 0.952. The molecule has 2 heterocycles. The molecule has 2 aromatic rings. The van der Waals surface area contributed by atoms with Crippen molar-refractivity contribution in [1.29, 1.82) is 0 Å². The number of nitrogen functional groups attached to an aromatic ring is 2. The monoisotopic (exact) mass is 240 g/mol. The van der Waals surface area contributed by atoms with Gasteiger partial charge in [-0.25, -0.2) is 9.97 Å². The average molecular weight is 240 g/mol. The summed E-state index contributed by atoms with van der Waals surface area (Å²) in [5.41, 5.74) is 11.0. The molecule has 78 valence electrons. The molecule has 0 aliphatic heterocycles. The SMILES string of the molecule is Cc1nsc(Sc2cc(N)nc(N)n2)n1. The van der Waals surface area contributed by atoms with Crippen molar-refractivity contribution in [2.75, 3.05) is 11.5 Å². The van der Waals surface area contributed by atoms with Crippen LogP contribution >= 0.6 is 23.3 Å². The summed E-state index contributed by atoms with van der Waals surface area (Å²) >= 11 is 2.69. The molecule has 8 heteroatoms. The number of anilines is 2. The minimum absolute atomic E-state index is 0.165. The Labute approximate surface area is 94.3 Å². The summed E-state index contributed by atoms with van der Waals surface area (Å²) in [5, 5.41) is 0.677. The van der Waals surface area contributed by atoms with Gasteiger partial charge in [0, 0.05) is 6.07 Å². The van der Waals surface area contributed by atoms with Crippen LogP contribution in [0.1, 0.15) is 5.82 Å². The van der Waals surface area contributed by atoms with Gasteiger partial charge in [0.05, 0.1) is 0 Å². The van der Waals surface area contributed by atoms with Crippen LogP contribution in [0.4, 0.5) is 11.8 Å². The van der Waals surface area contributed by atoms with E-state index in [1.165, 1.54) is 23.3 Å². The quantitative estimate of drug-likeness (QED) is 0.753. The standard InChI is InChI=1S/C7H8N6S2/c1-3-10-7(15-13-3)14-5-2-4(8)11-6(9)12-5/h2H,1H3,(H4,8,9,11,12). The third kappa shape index (κ3) is 2.54. The van der Waals surface area contributed by atoms with Crippen molar-refractivity contribution < 1.29 is 0 Å². The van der Waals surface area contributed by atoms with Crippen molar-refractivity contribution >= 4 is 35.1 Å². The number of hydrogen-bond acceptors (Lipinski definition) is 8. The molecule has 0 fully saturated rings. The number of aryl methyl sites for hydroxylation is 1. The fourth-order valence-corrected chi connectivity index (χ4v) is 2.54. The normalized spacial score (nSPS) is 10.5. The molecule has 0 aliphatic carbocycles. The first-order valence-corrected chi connectivity index (χ1v) is 5.60. The van der Waals surface area contributed by atoms with Gasteiger partial charge in [-0.05, 0) is 30.2 Å². The fraction of sp³-hybridized carbons (Fsp3) is 0.143. The van der Waals surface area contributed by atoms with E-state index in [0.717, 1.165) is 10.2 Å². The second-order valence-corrected chi connectivity index (χ2v) is 4.72. The Bertz CT molecular complexity index is 462. The Kier molecular flexibility index (Phi) is 2.69. The van der Waals surface area contributed by atoms with E-state index in [0.29, 0.717) is 10.8 Å². The number of hydrogen-bond donors (Lipinski definition) is 2. The highest BCUT2D eigenvalue weighted by molar-refractivity contribution is 8.00. The Morgan fingerprint density at radius 2 is 2.07 bits per heavy atom. The van der Waals surface area contributed by atoms with E-state index < -0.39 is 0 Å². The topological polar surface area (TPSA) is 104 Å². The summed E-state index contributed by atoms with van der Waals surface area (Å²) in [6.45, 7) is 1.84. The lowest BCUT2D eigenvalue weighted by atomic mass is 10.6. The van der Waals surface area contributed by atoms with Crippen LogP contribution in [0.5, 0.6) is 0 Å². The van der Waals surface area contributed by atoms with Crippen molar-refractivity contribution in [3.63, 3.8) is 0 Å². The summed E-state index contributed by atoms with van der Waals surface area (Å²) in [4.78, 5) is 12.0. The molecule has 2 aromatic heterocycles. The Morgan fingerprint density at radius 3 is 2.67 bits per heavy atom. The van der Waals surface area contributed by atoms with E-state index in [1.807, 2.05) is 6.92 Å². The molecular formula is C7H8N6S2. The molecule has 4 N–H and O–H groups in total. The zero-order chi connectivity index (χ0) is 10.8. The van der Waals surface area contributed by atoms with E-state index in [9.17, 15) is 0 Å². The molecule has 6 nitrogen and oxygen atoms in total. The number of nitrogens with zero attached hydrogens (tertiary/aromatic N) is 4. The van der Waals surface area contributed by atoms with Gasteiger partial charge in [0.1, 0.15) is 16.7 Å². The van der Waals surface area contributed by atoms with Gasteiger partial charge in [-0.1, -0.05) is 0 Å². The Balaban J connectivity index is 2.24. The molecule has 0 spiro atoms. The molecule has 15 heavy (non-hydrogen) atoms. The molecule has 0 aromatic carbocycles. The lowest BCUT2D eigenvalue weighted by Crippen LogP contribution is -1.99. The largest absolute Gasteiger partial charge is 0.383 e. The minimum Gasteiger partial charge on any atom is -0.383 e. The van der Waals surface area contributed by atoms with Gasteiger partial charge in [-0.3, -0.25) is 0 Å². The summed E-state index contributed by atoms with van der Waals surface area (Å²) in [6.07, 6.45) is 0. The first-order valence-electron chi connectivity index (χ1n) is 4.01. The maximum atomic E-state index is 5.54. The summed E-state index contributed by atoms with van der Waals surface area (Å²) in [5.74, 6) is 1.27. The molecule has 0 aliphatic rings. The number of nitrogens with two attached hydrogens (primary N) is 2. The van der Waals surface area contributed by atoms with Crippen molar-refractivity contribution in [1.82, 2.24) is 19.3 Å². The van der Waals surface area contributed by atoms with Crippen molar-refractivity contribution in [2.45, 2.75) is 16.3 Å². The van der Waals surface area contributed by atoms with Crippen LogP contribution in [0, 0.1) is 6.92 Å². The zero-order valence-corrected chi connectivity index (χ0v) is 9.47. The molecule has 0 radical (unpaired) electrons. The number of rotatable bonds is 2. The van der Waals surface area contributed by atoms with Crippen LogP contribution in [-0.2, 0) is 0 Å². The summed E-state index contributed by atoms with van der Waals surface area (Å²) < 4.78 is 4.87. The van der Waals surface area contributed by atoms with Gasteiger partial charge in [-0.15, -0.1) is 0 Å². The molecule has 0 bridgehead atoms. The van der Waals surface area contributed by atoms with Crippen molar-refractivity contribution in [3.8, 4) is 0 Å². The van der Waals surface area contributed by atoms with E-state index >= 15 is 0 Å². The van der Waals surface area contributed by atoms with Crippen molar-refractivity contribution in [2.24, 2.45) is 0 Å². The lowest BCUT2D eigenvalue weighted by molar-refractivity contribution is 1.06. The second kappa shape index (κ2) is 3.99. The van der Waals surface area contributed by atoms with Gasteiger partial charge in [0.25, 0.3) is 0 Å². The van der Waals surface area contributed by atoms with Crippen LogP contribution < -0.4 is 11.5 Å². The van der Waals surface area contributed by atoms with Crippen LogP contribution in [-0.4, -0.2) is 19.3 Å². The predicted molar refractivity (Wildman–Crippen MR) is 59.6 cm³/mol. The molecule has 0 saturated heterocycles. The van der Waals surface area contributed by atoms with E-state index in [1.54, 1.807) is 6.07 Å². The molecular weight excluding hydrogens is 232 g/mol. The highest BCUT2D eigenvalue weighted by atomic mass is 32.2. The summed E-state index contributed by atoms with van der Waals surface area (Å²) in [7, 11) is 0. The van der Waals surface area contributed by atoms with Gasteiger partial charge < -0.3 is 11.5 Å². The summed E-state index contributed by atoms with van der Waals surface area (Å²) in [6, 6.07) is 1.65. The molecule has 0 atom stereocenters. The molecule has 0 saturated carbocycles. The Morgan fingerprint density at radius 1 is 1.27 bits per heavy atom. The molecule has 2 rings (SSSR count). The fourth-order valence-electron chi connectivity index (χ4n) is 0.922. The smallest absolute Gasteiger partial charge is 0.223 e. The first kappa shape index (κ1) is 10.1. The average Bonchev–Trinajstić information content (AvgIpc) is 2.49. The third-order valence-corrected chi connectivity index (χ3v) is 3.20. The molecule has 0 unspecified atom stereocenters. The van der Waals surface area contributed by atoms with Crippen LogP contribution in [0.15, 0.2) is 15.4 Å². The van der Waals surface area contributed by atoms with Crippen LogP contribution in [0.25, 0.3) is 0 Å². The maximum absolute atomic E-state index is 5.54. The highest BCUT2D eigenvalue weighted by Gasteiger charge is 2.06. The van der Waals surface area contributed by atoms with Crippen LogP contribution in [0.2, 0.25) is 0 Å². The van der Waals surface area contributed by atoms with Crippen LogP contribution in [0.3, 0.4) is 0 Å². The number of aromatic nitrogens is 4. The van der Waals surface area contributed by atoms with E-state index in [4.69, 9.17) is 11.5 Å². The first-order chi connectivity index (χ1) is 7.13. The van der Waals surface area contributed by atoms with Gasteiger partial charge in [-0.2, -0.15) is 9.36 Å². The minimum atomic E-state index is 0.165. The van der Waals surface area contributed by atoms with Gasteiger partial charge in [0.2, 0.25) is 5.95 Å². The zero-order valence-electron chi connectivity index (χ0n) is 7.84. The third-order valence-electron chi connectivity index (χ3n) is 1.44. The van der Waals surface area contributed by atoms with E-state index in [-0.39, 0.29) is 5.95 Å². The lowest BCUT2D eigenvalue weighted by Gasteiger charge is -1.99. The Hall–Kier alpha value is -1.41.